The monoisotopic (exact) mass is 710 g/mol. The van der Waals surface area contributed by atoms with Gasteiger partial charge in [-0.1, -0.05) is 60.7 Å². The second kappa shape index (κ2) is 11.2. The maximum Gasteiger partial charge on any atom is -0.0184 e. The van der Waals surface area contributed by atoms with E-state index in [9.17, 15) is 0 Å². The predicted octanol–water partition coefficient (Wildman–Crippen LogP) is 8.68. The largest absolute Gasteiger partial charge is 0.0622 e. The molecule has 0 spiro atoms. The Labute approximate surface area is 230 Å². The fraction of sp³-hybridized carbons (Fsp3) is 0.515. The standard InChI is InChI=1S/C12H10.C10H16N.C9H13.C2H7Ge.Hf/c1-3-7-11(8-4-1)12-9-5-2-6-10-12;11-10-4-7-1-8(5-10)3-9(2-7)6-10;1-6-5-7(2)9(4)8(6)3;1-3-2;/h1-10H;7-9,11H,1-6H2;6H,1-4H3;3H,1-2H3;/q;-1;;;+1. The molecule has 1 nitrogen and oxygen atoms in total. The van der Waals surface area contributed by atoms with Crippen LogP contribution in [-0.4, -0.2) is 16.2 Å². The quantitative estimate of drug-likeness (QED) is 0.307. The normalized spacial score (nSPS) is 30.6. The van der Waals surface area contributed by atoms with Crippen LogP contribution >= 0.6 is 0 Å². The summed E-state index contributed by atoms with van der Waals surface area (Å²) in [6, 6.07) is 20.8. The molecule has 1 N–H and O–H groups in total. The zero-order chi connectivity index (χ0) is 25.4. The summed E-state index contributed by atoms with van der Waals surface area (Å²) in [4.78, 5) is 0. The number of allylic oxidation sites excluding steroid dienone is 4. The molecule has 1 atom stereocenters. The Bertz CT molecular complexity index is 1040. The van der Waals surface area contributed by atoms with E-state index in [4.69, 9.17) is 0 Å². The first-order chi connectivity index (χ1) is 17.3. The SMILES string of the molecule is CC1=C(C)C(C)[C]([Hf]([NH]C23CC4CC(CC(C4)C2)C3)[GeH]([CH3])[CH3])=C1C.c1ccc(-c2ccccc2)cc1. The minimum atomic E-state index is -1.83. The van der Waals surface area contributed by atoms with Crippen LogP contribution in [0.2, 0.25) is 11.5 Å². The molecule has 191 valence electrons. The van der Waals surface area contributed by atoms with Crippen LogP contribution in [0.3, 0.4) is 0 Å². The molecule has 5 aliphatic rings. The molecule has 0 radical (unpaired) electrons. The van der Waals surface area contributed by atoms with Gasteiger partial charge in [-0.3, -0.25) is 0 Å². The summed E-state index contributed by atoms with van der Waals surface area (Å²) in [7, 11) is -1.10. The fourth-order valence-electron chi connectivity index (χ4n) is 8.13. The van der Waals surface area contributed by atoms with Crippen molar-refractivity contribution in [3.05, 3.63) is 80.7 Å². The summed E-state index contributed by atoms with van der Waals surface area (Å²) in [5.74, 6) is 9.41. The third kappa shape index (κ3) is 5.52. The van der Waals surface area contributed by atoms with E-state index in [1.54, 1.807) is 36.0 Å². The van der Waals surface area contributed by atoms with Crippen LogP contribution in [0, 0.1) is 23.7 Å². The molecule has 4 fully saturated rings. The molecule has 0 amide bonds. The van der Waals surface area contributed by atoms with Gasteiger partial charge in [0.1, 0.15) is 0 Å². The van der Waals surface area contributed by atoms with Crippen LogP contribution in [0.15, 0.2) is 80.7 Å². The van der Waals surface area contributed by atoms with E-state index in [0.717, 1.165) is 23.7 Å². The van der Waals surface area contributed by atoms with Crippen molar-refractivity contribution in [3.63, 3.8) is 0 Å². The minimum Gasteiger partial charge on any atom is -0.0622 e. The Morgan fingerprint density at radius 1 is 0.722 bits per heavy atom. The van der Waals surface area contributed by atoms with Crippen LogP contribution in [0.4, 0.5) is 0 Å². The van der Waals surface area contributed by atoms with Gasteiger partial charge in [0.25, 0.3) is 0 Å². The minimum absolute atomic E-state index is 0.601. The fourth-order valence-corrected chi connectivity index (χ4v) is 48.5. The maximum absolute atomic E-state index is 4.62. The summed E-state index contributed by atoms with van der Waals surface area (Å²) in [5, 5.41) is 0. The van der Waals surface area contributed by atoms with Crippen LogP contribution in [-0.2, 0) is 19.2 Å². The zero-order valence-corrected chi connectivity index (χ0v) is 29.4. The number of benzene rings is 2. The average molecular weight is 708 g/mol. The second-order valence-corrected chi connectivity index (χ2v) is 54.8. The van der Waals surface area contributed by atoms with Gasteiger partial charge in [0.2, 0.25) is 0 Å². The van der Waals surface area contributed by atoms with Gasteiger partial charge in [-0.2, -0.15) is 0 Å². The van der Waals surface area contributed by atoms with Crippen LogP contribution in [0.1, 0.15) is 66.2 Å². The molecule has 7 rings (SSSR count). The molecule has 4 bridgehead atoms. The van der Waals surface area contributed by atoms with E-state index in [1.807, 2.05) is 15.5 Å². The molecular weight excluding hydrogens is 661 g/mol. The molecule has 1 unspecified atom stereocenters. The van der Waals surface area contributed by atoms with Crippen LogP contribution < -0.4 is 3.30 Å². The van der Waals surface area contributed by atoms with Crippen molar-refractivity contribution < 1.29 is 19.2 Å². The number of nitrogens with one attached hydrogen (secondary N) is 1. The topological polar surface area (TPSA) is 12.0 Å². The zero-order valence-electron chi connectivity index (χ0n) is 23.4. The Hall–Kier alpha value is -0.707. The molecule has 0 aliphatic heterocycles. The Morgan fingerprint density at radius 3 is 1.53 bits per heavy atom. The smallest absolute Gasteiger partial charge is 0.0184 e. The molecule has 4 saturated carbocycles. The third-order valence-electron chi connectivity index (χ3n) is 9.83. The van der Waals surface area contributed by atoms with E-state index in [1.165, 1.54) is 30.4 Å². The summed E-state index contributed by atoms with van der Waals surface area (Å²) in [6.45, 7) is 9.75. The molecule has 2 aromatic rings. The summed E-state index contributed by atoms with van der Waals surface area (Å²) in [6.07, 6.45) is 9.32. The molecule has 36 heavy (non-hydrogen) atoms. The molecule has 2 aromatic carbocycles. The Morgan fingerprint density at radius 2 is 1.17 bits per heavy atom. The van der Waals surface area contributed by atoms with Crippen molar-refractivity contribution in [1.29, 1.82) is 0 Å². The van der Waals surface area contributed by atoms with Crippen LogP contribution in [0.25, 0.3) is 11.1 Å². The van der Waals surface area contributed by atoms with Crippen molar-refractivity contribution >= 4 is 10.6 Å². The molecule has 0 saturated heterocycles. The number of hydrogen-bond donors (Lipinski definition) is 1. The first-order valence-electron chi connectivity index (χ1n) is 14.4. The van der Waals surface area contributed by atoms with Crippen molar-refractivity contribution in [1.82, 2.24) is 3.30 Å². The third-order valence-corrected chi connectivity index (χ3v) is 49.5. The average Bonchev–Trinajstić information content (AvgIpc) is 3.05. The van der Waals surface area contributed by atoms with Gasteiger partial charge in [-0.05, 0) is 11.1 Å². The van der Waals surface area contributed by atoms with Gasteiger partial charge in [0.15, 0.2) is 0 Å². The Balaban J connectivity index is 0.000000186. The molecule has 0 aromatic heterocycles. The van der Waals surface area contributed by atoms with Gasteiger partial charge in [0.05, 0.1) is 0 Å². The summed E-state index contributed by atoms with van der Waals surface area (Å²) >= 11 is -1.83. The van der Waals surface area contributed by atoms with Crippen LogP contribution in [0.5, 0.6) is 0 Å². The number of hydrogen-bond acceptors (Lipinski definition) is 1. The first kappa shape index (κ1) is 26.9. The molecule has 3 heteroatoms. The van der Waals surface area contributed by atoms with Crippen molar-refractivity contribution in [3.8, 4) is 11.1 Å². The Kier molecular flexibility index (Phi) is 8.35. The molecular formula is C33H46GeHfN. The van der Waals surface area contributed by atoms with Gasteiger partial charge in [0, 0.05) is 0 Å². The van der Waals surface area contributed by atoms with Gasteiger partial charge in [-0.25, -0.2) is 0 Å². The summed E-state index contributed by atoms with van der Waals surface area (Å²) in [5.41, 5.74) is 8.19. The van der Waals surface area contributed by atoms with Gasteiger partial charge in [-0.15, -0.1) is 0 Å². The predicted molar refractivity (Wildman–Crippen MR) is 155 cm³/mol. The molecule has 5 aliphatic carbocycles. The van der Waals surface area contributed by atoms with Gasteiger partial charge >= 0.3 is 160 Å². The molecule has 0 heterocycles. The maximum atomic E-state index is 4.62. The first-order valence-corrected chi connectivity index (χ1v) is 34.8. The van der Waals surface area contributed by atoms with Crippen molar-refractivity contribution in [2.24, 2.45) is 23.7 Å². The van der Waals surface area contributed by atoms with E-state index in [-0.39, 0.29) is 0 Å². The van der Waals surface area contributed by atoms with E-state index in [2.05, 4.69) is 91.0 Å². The van der Waals surface area contributed by atoms with E-state index >= 15 is 0 Å². The van der Waals surface area contributed by atoms with E-state index in [0.29, 0.717) is 5.54 Å². The summed E-state index contributed by atoms with van der Waals surface area (Å²) < 4.78 is 6.62. The second-order valence-electron chi connectivity index (χ2n) is 12.7. The van der Waals surface area contributed by atoms with Crippen molar-refractivity contribution in [2.45, 2.75) is 83.3 Å². The van der Waals surface area contributed by atoms with Crippen molar-refractivity contribution in [2.75, 3.05) is 0 Å². The van der Waals surface area contributed by atoms with E-state index < -0.39 is 29.9 Å². The van der Waals surface area contributed by atoms with Gasteiger partial charge < -0.3 is 0 Å². The number of rotatable bonds is 5.